The molecule has 0 aliphatic heterocycles. The fourth-order valence-electron chi connectivity index (χ4n) is 2.67. The number of likely N-dealkylation sites (N-methyl/N-ethyl adjacent to an activating group) is 1. The SMILES string of the molecule is Cc1nc(CSc2ccccc2C(=O)OCC(=O)N(C)Cc2ccccc2F)cs1. The highest BCUT2D eigenvalue weighted by molar-refractivity contribution is 7.98. The molecule has 0 saturated carbocycles. The van der Waals surface area contributed by atoms with Crippen molar-refractivity contribution in [3.8, 4) is 0 Å². The van der Waals surface area contributed by atoms with Crippen molar-refractivity contribution < 1.29 is 18.7 Å². The van der Waals surface area contributed by atoms with E-state index in [0.717, 1.165) is 15.6 Å². The molecular formula is C22H21FN2O3S2. The molecule has 1 aromatic heterocycles. The fourth-order valence-corrected chi connectivity index (χ4v) is 4.32. The molecule has 0 saturated heterocycles. The molecule has 30 heavy (non-hydrogen) atoms. The molecule has 0 aliphatic rings. The number of hydrogen-bond acceptors (Lipinski definition) is 6. The van der Waals surface area contributed by atoms with Gasteiger partial charge in [0.25, 0.3) is 5.91 Å². The summed E-state index contributed by atoms with van der Waals surface area (Å²) in [5.74, 6) is -0.718. The summed E-state index contributed by atoms with van der Waals surface area (Å²) in [6, 6.07) is 13.4. The van der Waals surface area contributed by atoms with Crippen molar-refractivity contribution in [2.75, 3.05) is 13.7 Å². The largest absolute Gasteiger partial charge is 0.452 e. The van der Waals surface area contributed by atoms with Crippen molar-refractivity contribution >= 4 is 35.0 Å². The maximum absolute atomic E-state index is 13.8. The van der Waals surface area contributed by atoms with Gasteiger partial charge in [-0.3, -0.25) is 4.79 Å². The van der Waals surface area contributed by atoms with Crippen LogP contribution in [0, 0.1) is 12.7 Å². The number of aryl methyl sites for hydroxylation is 1. The molecule has 1 amide bonds. The van der Waals surface area contributed by atoms with Gasteiger partial charge < -0.3 is 9.64 Å². The van der Waals surface area contributed by atoms with Gasteiger partial charge >= 0.3 is 5.97 Å². The van der Waals surface area contributed by atoms with Gasteiger partial charge in [0.2, 0.25) is 0 Å². The number of thiazole rings is 1. The smallest absolute Gasteiger partial charge is 0.339 e. The summed E-state index contributed by atoms with van der Waals surface area (Å²) in [7, 11) is 1.54. The van der Waals surface area contributed by atoms with E-state index in [0.29, 0.717) is 16.9 Å². The van der Waals surface area contributed by atoms with Crippen LogP contribution in [-0.4, -0.2) is 35.4 Å². The van der Waals surface area contributed by atoms with Gasteiger partial charge in [-0.15, -0.1) is 23.1 Å². The van der Waals surface area contributed by atoms with Crippen LogP contribution in [0.25, 0.3) is 0 Å². The van der Waals surface area contributed by atoms with Gasteiger partial charge in [-0.25, -0.2) is 14.2 Å². The number of rotatable bonds is 8. The summed E-state index contributed by atoms with van der Waals surface area (Å²) < 4.78 is 19.0. The van der Waals surface area contributed by atoms with Gasteiger partial charge in [0.1, 0.15) is 5.82 Å². The van der Waals surface area contributed by atoms with Gasteiger partial charge in [-0.1, -0.05) is 30.3 Å². The van der Waals surface area contributed by atoms with E-state index in [-0.39, 0.29) is 12.4 Å². The van der Waals surface area contributed by atoms with E-state index >= 15 is 0 Å². The number of carbonyl (C=O) groups excluding carboxylic acids is 2. The van der Waals surface area contributed by atoms with Crippen molar-refractivity contribution in [2.24, 2.45) is 0 Å². The molecule has 8 heteroatoms. The average molecular weight is 445 g/mol. The first-order valence-electron chi connectivity index (χ1n) is 9.21. The highest BCUT2D eigenvalue weighted by atomic mass is 32.2. The van der Waals surface area contributed by atoms with Crippen LogP contribution >= 0.6 is 23.1 Å². The minimum absolute atomic E-state index is 0.0998. The summed E-state index contributed by atoms with van der Waals surface area (Å²) in [5, 5.41) is 2.99. The number of carbonyl (C=O) groups is 2. The molecule has 0 aliphatic carbocycles. The summed E-state index contributed by atoms with van der Waals surface area (Å²) in [6.07, 6.45) is 0. The van der Waals surface area contributed by atoms with Crippen LogP contribution in [0.15, 0.2) is 58.8 Å². The molecule has 3 aromatic rings. The summed E-state index contributed by atoms with van der Waals surface area (Å²) in [4.78, 5) is 31.4. The van der Waals surface area contributed by atoms with E-state index < -0.39 is 18.5 Å². The van der Waals surface area contributed by atoms with Crippen molar-refractivity contribution in [3.63, 3.8) is 0 Å². The molecule has 0 unspecified atom stereocenters. The molecule has 3 rings (SSSR count). The number of ether oxygens (including phenoxy) is 1. The fraction of sp³-hybridized carbons (Fsp3) is 0.227. The van der Waals surface area contributed by atoms with Crippen molar-refractivity contribution in [1.29, 1.82) is 0 Å². The number of nitrogens with zero attached hydrogens (tertiary/aromatic N) is 2. The van der Waals surface area contributed by atoms with Crippen LogP contribution in [0.1, 0.15) is 26.6 Å². The summed E-state index contributed by atoms with van der Waals surface area (Å²) in [6.45, 7) is 1.64. The molecule has 1 heterocycles. The molecule has 0 spiro atoms. The number of benzene rings is 2. The second kappa shape index (κ2) is 10.4. The Morgan fingerprint density at radius 1 is 1.17 bits per heavy atom. The topological polar surface area (TPSA) is 59.5 Å². The normalized spacial score (nSPS) is 10.6. The quantitative estimate of drug-likeness (QED) is 0.372. The van der Waals surface area contributed by atoms with Crippen LogP contribution in [0.3, 0.4) is 0 Å². The number of aromatic nitrogens is 1. The summed E-state index contributed by atoms with van der Waals surface area (Å²) in [5.41, 5.74) is 1.76. The number of halogens is 1. The molecule has 0 N–H and O–H groups in total. The first-order valence-corrected chi connectivity index (χ1v) is 11.1. The van der Waals surface area contributed by atoms with Crippen LogP contribution < -0.4 is 0 Å². The lowest BCUT2D eigenvalue weighted by molar-refractivity contribution is -0.133. The Balaban J connectivity index is 1.56. The maximum atomic E-state index is 13.8. The lowest BCUT2D eigenvalue weighted by Crippen LogP contribution is -2.31. The number of thioether (sulfide) groups is 1. The monoisotopic (exact) mass is 444 g/mol. The van der Waals surface area contributed by atoms with Crippen molar-refractivity contribution in [1.82, 2.24) is 9.88 Å². The predicted molar refractivity (Wildman–Crippen MR) is 116 cm³/mol. The van der Waals surface area contributed by atoms with E-state index in [9.17, 15) is 14.0 Å². The second-order valence-electron chi connectivity index (χ2n) is 6.56. The van der Waals surface area contributed by atoms with Crippen LogP contribution in [0.4, 0.5) is 4.39 Å². The standard InChI is InChI=1S/C22H21FN2O3S2/c1-15-24-17(13-29-15)14-30-20-10-6-4-8-18(20)22(27)28-12-21(26)25(2)11-16-7-3-5-9-19(16)23/h3-10,13H,11-12,14H2,1-2H3. The zero-order valence-electron chi connectivity index (χ0n) is 16.6. The zero-order valence-corrected chi connectivity index (χ0v) is 18.3. The average Bonchev–Trinajstić information content (AvgIpc) is 3.17. The van der Waals surface area contributed by atoms with Gasteiger partial charge in [-0.05, 0) is 25.1 Å². The summed E-state index contributed by atoms with van der Waals surface area (Å²) >= 11 is 3.08. The van der Waals surface area contributed by atoms with E-state index in [1.165, 1.54) is 22.7 Å². The third kappa shape index (κ3) is 5.90. The number of esters is 1. The minimum Gasteiger partial charge on any atom is -0.452 e. The molecule has 0 bridgehead atoms. The first kappa shape index (κ1) is 22.0. The first-order chi connectivity index (χ1) is 14.4. The Hall–Kier alpha value is -2.71. The molecule has 0 radical (unpaired) electrons. The lowest BCUT2D eigenvalue weighted by atomic mass is 10.2. The minimum atomic E-state index is -0.569. The Kier molecular flexibility index (Phi) is 7.59. The van der Waals surface area contributed by atoms with Gasteiger partial charge in [0.15, 0.2) is 6.61 Å². The number of hydrogen-bond donors (Lipinski definition) is 0. The van der Waals surface area contributed by atoms with Gasteiger partial charge in [0.05, 0.1) is 16.3 Å². The molecule has 5 nitrogen and oxygen atoms in total. The molecule has 156 valence electrons. The third-order valence-electron chi connectivity index (χ3n) is 4.27. The third-order valence-corrected chi connectivity index (χ3v) is 6.20. The number of amides is 1. The Bertz CT molecular complexity index is 1040. The van der Waals surface area contributed by atoms with E-state index in [1.807, 2.05) is 24.4 Å². The van der Waals surface area contributed by atoms with Crippen LogP contribution in [0.2, 0.25) is 0 Å². The maximum Gasteiger partial charge on any atom is 0.339 e. The Morgan fingerprint density at radius 2 is 1.90 bits per heavy atom. The van der Waals surface area contributed by atoms with E-state index in [1.54, 1.807) is 48.7 Å². The highest BCUT2D eigenvalue weighted by Gasteiger charge is 2.17. The van der Waals surface area contributed by atoms with Gasteiger partial charge in [0, 0.05) is 35.2 Å². The van der Waals surface area contributed by atoms with E-state index in [4.69, 9.17) is 4.74 Å². The molecule has 0 atom stereocenters. The van der Waals surface area contributed by atoms with Crippen molar-refractivity contribution in [2.45, 2.75) is 24.1 Å². The highest BCUT2D eigenvalue weighted by Crippen LogP contribution is 2.27. The van der Waals surface area contributed by atoms with Crippen LogP contribution in [-0.2, 0) is 21.8 Å². The predicted octanol–water partition coefficient (Wildman–Crippen LogP) is 4.70. The van der Waals surface area contributed by atoms with Gasteiger partial charge in [-0.2, -0.15) is 0 Å². The Morgan fingerprint density at radius 3 is 2.63 bits per heavy atom. The molecule has 0 fully saturated rings. The lowest BCUT2D eigenvalue weighted by Gasteiger charge is -2.17. The van der Waals surface area contributed by atoms with Crippen molar-refractivity contribution in [3.05, 3.63) is 81.6 Å². The Labute approximate surface area is 182 Å². The zero-order chi connectivity index (χ0) is 21.5. The van der Waals surface area contributed by atoms with E-state index in [2.05, 4.69) is 4.98 Å². The van der Waals surface area contributed by atoms with Crippen LogP contribution in [0.5, 0.6) is 0 Å². The molecular weight excluding hydrogens is 423 g/mol. The molecule has 2 aromatic carbocycles. The second-order valence-corrected chi connectivity index (χ2v) is 8.64.